The highest BCUT2D eigenvalue weighted by molar-refractivity contribution is 7.92. The summed E-state index contributed by atoms with van der Waals surface area (Å²) in [5.41, 5.74) is 1.74. The number of para-hydroxylation sites is 1. The first kappa shape index (κ1) is 20.4. The fraction of sp³-hybridized carbons (Fsp3) is 0.409. The molecule has 0 spiro atoms. The predicted octanol–water partition coefficient (Wildman–Crippen LogP) is 4.13. The monoisotopic (exact) mass is 400 g/mol. The maximum atomic E-state index is 13.0. The zero-order chi connectivity index (χ0) is 20.1. The van der Waals surface area contributed by atoms with Crippen molar-refractivity contribution in [3.8, 4) is 0 Å². The summed E-state index contributed by atoms with van der Waals surface area (Å²) in [6.07, 6.45) is 5.99. The number of hydrogen-bond acceptors (Lipinski definition) is 3. The van der Waals surface area contributed by atoms with E-state index in [4.69, 9.17) is 0 Å². The molecule has 150 valence electrons. The SMILES string of the molecule is Cc1ccc(S(=O)(=O)N(C)c2ccccc2C(=O)NCC2CCCCC2)cc1. The summed E-state index contributed by atoms with van der Waals surface area (Å²) in [4.78, 5) is 13.0. The summed E-state index contributed by atoms with van der Waals surface area (Å²) >= 11 is 0. The summed E-state index contributed by atoms with van der Waals surface area (Å²) < 4.78 is 27.2. The van der Waals surface area contributed by atoms with Gasteiger partial charge in [-0.05, 0) is 49.9 Å². The first-order valence-corrected chi connectivity index (χ1v) is 11.3. The quantitative estimate of drug-likeness (QED) is 0.793. The van der Waals surface area contributed by atoms with Gasteiger partial charge in [-0.25, -0.2) is 8.42 Å². The van der Waals surface area contributed by atoms with E-state index >= 15 is 0 Å². The molecule has 1 fully saturated rings. The van der Waals surface area contributed by atoms with Gasteiger partial charge in [0.25, 0.3) is 15.9 Å². The molecule has 0 unspecified atom stereocenters. The summed E-state index contributed by atoms with van der Waals surface area (Å²) in [5.74, 6) is 0.283. The van der Waals surface area contributed by atoms with Gasteiger partial charge in [0.05, 0.1) is 16.1 Å². The second-order valence-electron chi connectivity index (χ2n) is 7.52. The summed E-state index contributed by atoms with van der Waals surface area (Å²) in [6, 6.07) is 13.6. The number of rotatable bonds is 6. The molecule has 0 aliphatic heterocycles. The van der Waals surface area contributed by atoms with Crippen LogP contribution < -0.4 is 9.62 Å². The van der Waals surface area contributed by atoms with Crippen LogP contribution in [0.3, 0.4) is 0 Å². The molecule has 1 N–H and O–H groups in total. The molecule has 0 bridgehead atoms. The minimum Gasteiger partial charge on any atom is -0.352 e. The highest BCUT2D eigenvalue weighted by Gasteiger charge is 2.25. The zero-order valence-electron chi connectivity index (χ0n) is 16.5. The van der Waals surface area contributed by atoms with Crippen LogP contribution in [0.25, 0.3) is 0 Å². The second-order valence-corrected chi connectivity index (χ2v) is 9.49. The molecular formula is C22H28N2O3S. The number of sulfonamides is 1. The molecule has 3 rings (SSSR count). The van der Waals surface area contributed by atoms with Crippen LogP contribution in [-0.2, 0) is 10.0 Å². The van der Waals surface area contributed by atoms with Crippen LogP contribution in [-0.4, -0.2) is 27.9 Å². The third kappa shape index (κ3) is 4.55. The molecule has 1 aliphatic carbocycles. The molecule has 0 radical (unpaired) electrons. The van der Waals surface area contributed by atoms with Crippen molar-refractivity contribution < 1.29 is 13.2 Å². The summed E-state index contributed by atoms with van der Waals surface area (Å²) in [7, 11) is -2.26. The van der Waals surface area contributed by atoms with E-state index in [1.807, 2.05) is 6.92 Å². The van der Waals surface area contributed by atoms with E-state index in [0.717, 1.165) is 18.4 Å². The molecule has 0 heterocycles. The van der Waals surface area contributed by atoms with Gasteiger partial charge in [-0.3, -0.25) is 9.10 Å². The van der Waals surface area contributed by atoms with E-state index in [1.165, 1.54) is 30.6 Å². The Kier molecular flexibility index (Phi) is 6.39. The highest BCUT2D eigenvalue weighted by Crippen LogP contribution is 2.27. The second kappa shape index (κ2) is 8.78. The first-order chi connectivity index (χ1) is 13.4. The van der Waals surface area contributed by atoms with Crippen molar-refractivity contribution >= 4 is 21.6 Å². The van der Waals surface area contributed by atoms with Crippen molar-refractivity contribution in [3.63, 3.8) is 0 Å². The number of nitrogens with one attached hydrogen (secondary N) is 1. The van der Waals surface area contributed by atoms with Crippen molar-refractivity contribution in [2.75, 3.05) is 17.9 Å². The maximum absolute atomic E-state index is 13.0. The van der Waals surface area contributed by atoms with Gasteiger partial charge >= 0.3 is 0 Å². The number of carbonyl (C=O) groups is 1. The molecule has 2 aromatic rings. The van der Waals surface area contributed by atoms with Gasteiger partial charge in [0.1, 0.15) is 0 Å². The van der Waals surface area contributed by atoms with Crippen LogP contribution >= 0.6 is 0 Å². The van der Waals surface area contributed by atoms with Gasteiger partial charge < -0.3 is 5.32 Å². The molecule has 2 aromatic carbocycles. The lowest BCUT2D eigenvalue weighted by atomic mass is 9.89. The number of benzene rings is 2. The number of aryl methyl sites for hydroxylation is 1. The van der Waals surface area contributed by atoms with Gasteiger partial charge in [-0.15, -0.1) is 0 Å². The molecular weight excluding hydrogens is 372 g/mol. The Hall–Kier alpha value is -2.34. The topological polar surface area (TPSA) is 66.5 Å². The van der Waals surface area contributed by atoms with Crippen LogP contribution in [0.1, 0.15) is 48.0 Å². The molecule has 0 saturated heterocycles. The van der Waals surface area contributed by atoms with E-state index in [-0.39, 0.29) is 10.8 Å². The van der Waals surface area contributed by atoms with E-state index in [1.54, 1.807) is 48.5 Å². The zero-order valence-corrected chi connectivity index (χ0v) is 17.3. The lowest BCUT2D eigenvalue weighted by Gasteiger charge is -2.24. The van der Waals surface area contributed by atoms with Crippen molar-refractivity contribution in [2.24, 2.45) is 5.92 Å². The third-order valence-corrected chi connectivity index (χ3v) is 7.23. The normalized spacial score (nSPS) is 15.2. The highest BCUT2D eigenvalue weighted by atomic mass is 32.2. The maximum Gasteiger partial charge on any atom is 0.264 e. The van der Waals surface area contributed by atoms with Gasteiger partial charge in [0, 0.05) is 13.6 Å². The van der Waals surface area contributed by atoms with Gasteiger partial charge in [0.15, 0.2) is 0 Å². The van der Waals surface area contributed by atoms with Crippen LogP contribution in [0.2, 0.25) is 0 Å². The Morgan fingerprint density at radius 3 is 2.36 bits per heavy atom. The molecule has 5 nitrogen and oxygen atoms in total. The summed E-state index contributed by atoms with van der Waals surface area (Å²) in [5, 5.41) is 3.00. The lowest BCUT2D eigenvalue weighted by Crippen LogP contribution is -2.33. The van der Waals surface area contributed by atoms with Crippen molar-refractivity contribution in [1.82, 2.24) is 5.32 Å². The van der Waals surface area contributed by atoms with Crippen molar-refractivity contribution in [1.29, 1.82) is 0 Å². The van der Waals surface area contributed by atoms with Crippen LogP contribution in [0.4, 0.5) is 5.69 Å². The van der Waals surface area contributed by atoms with E-state index in [9.17, 15) is 13.2 Å². The largest absolute Gasteiger partial charge is 0.352 e. The number of amides is 1. The van der Waals surface area contributed by atoms with Gasteiger partial charge in [-0.2, -0.15) is 0 Å². The molecule has 6 heteroatoms. The number of anilines is 1. The molecule has 1 saturated carbocycles. The Balaban J connectivity index is 1.80. The Morgan fingerprint density at radius 1 is 1.04 bits per heavy atom. The van der Waals surface area contributed by atoms with Crippen molar-refractivity contribution in [2.45, 2.75) is 43.9 Å². The van der Waals surface area contributed by atoms with Crippen molar-refractivity contribution in [3.05, 3.63) is 59.7 Å². The average molecular weight is 401 g/mol. The smallest absolute Gasteiger partial charge is 0.264 e. The molecule has 1 aliphatic rings. The standard InChI is InChI=1S/C22H28N2O3S/c1-17-12-14-19(15-13-17)28(26,27)24(2)21-11-7-6-10-20(21)22(25)23-16-18-8-4-3-5-9-18/h6-7,10-15,18H,3-5,8-9,16H2,1-2H3,(H,23,25). The third-order valence-electron chi connectivity index (χ3n) is 5.44. The van der Waals surface area contributed by atoms with Crippen LogP contribution in [0, 0.1) is 12.8 Å². The number of hydrogen-bond donors (Lipinski definition) is 1. The van der Waals surface area contributed by atoms with E-state index in [0.29, 0.717) is 23.7 Å². The molecule has 0 atom stereocenters. The lowest BCUT2D eigenvalue weighted by molar-refractivity contribution is 0.0944. The van der Waals surface area contributed by atoms with Crippen LogP contribution in [0.15, 0.2) is 53.4 Å². The number of nitrogens with zero attached hydrogens (tertiary/aromatic N) is 1. The fourth-order valence-corrected chi connectivity index (χ4v) is 4.88. The predicted molar refractivity (Wildman–Crippen MR) is 112 cm³/mol. The minimum atomic E-state index is -3.75. The minimum absolute atomic E-state index is 0.206. The molecule has 0 aromatic heterocycles. The average Bonchev–Trinajstić information content (AvgIpc) is 2.72. The molecule has 28 heavy (non-hydrogen) atoms. The fourth-order valence-electron chi connectivity index (χ4n) is 3.66. The van der Waals surface area contributed by atoms with E-state index in [2.05, 4.69) is 5.32 Å². The van der Waals surface area contributed by atoms with Gasteiger partial charge in [0.2, 0.25) is 0 Å². The summed E-state index contributed by atoms with van der Waals surface area (Å²) in [6.45, 7) is 2.55. The Labute approximate surface area is 167 Å². The first-order valence-electron chi connectivity index (χ1n) is 9.82. The number of carbonyl (C=O) groups excluding carboxylic acids is 1. The van der Waals surface area contributed by atoms with E-state index < -0.39 is 10.0 Å². The Bertz CT molecular complexity index is 917. The Morgan fingerprint density at radius 2 is 1.68 bits per heavy atom. The molecule has 1 amide bonds. The van der Waals surface area contributed by atoms with Crippen LogP contribution in [0.5, 0.6) is 0 Å². The van der Waals surface area contributed by atoms with Gasteiger partial charge in [-0.1, -0.05) is 49.1 Å².